The van der Waals surface area contributed by atoms with Crippen LogP contribution in [-0.4, -0.2) is 4.98 Å². The first kappa shape index (κ1) is 9.98. The van der Waals surface area contributed by atoms with Crippen molar-refractivity contribution in [3.63, 3.8) is 0 Å². The number of halogens is 1. The minimum Gasteiger partial charge on any atom is -0.438 e. The molecule has 0 aliphatic heterocycles. The van der Waals surface area contributed by atoms with E-state index >= 15 is 0 Å². The lowest BCUT2D eigenvalue weighted by Gasteiger charge is -2.06. The molecule has 3 nitrogen and oxygen atoms in total. The Morgan fingerprint density at radius 2 is 1.80 bits per heavy atom. The van der Waals surface area contributed by atoms with E-state index in [2.05, 4.69) is 20.9 Å². The molecule has 1 aromatic carbocycles. The number of nitrogens with two attached hydrogens (primary N) is 1. The van der Waals surface area contributed by atoms with E-state index < -0.39 is 0 Å². The van der Waals surface area contributed by atoms with Crippen molar-refractivity contribution in [2.75, 3.05) is 5.73 Å². The van der Waals surface area contributed by atoms with E-state index in [1.54, 1.807) is 12.1 Å². The van der Waals surface area contributed by atoms with Gasteiger partial charge in [-0.05, 0) is 40.2 Å². The summed E-state index contributed by atoms with van der Waals surface area (Å²) in [5.41, 5.74) is 5.57. The summed E-state index contributed by atoms with van der Waals surface area (Å²) in [4.78, 5) is 4.08. The normalized spacial score (nSPS) is 9.93. The minimum atomic E-state index is 0.434. The van der Waals surface area contributed by atoms with Gasteiger partial charge in [-0.25, -0.2) is 0 Å². The fraction of sp³-hybridized carbons (Fsp3) is 0. The van der Waals surface area contributed by atoms with E-state index in [9.17, 15) is 0 Å². The zero-order valence-electron chi connectivity index (χ0n) is 7.85. The Morgan fingerprint density at radius 1 is 1.07 bits per heavy atom. The lowest BCUT2D eigenvalue weighted by molar-refractivity contribution is 0.460. The van der Waals surface area contributed by atoms with E-state index in [-0.39, 0.29) is 0 Å². The molecule has 1 heterocycles. The van der Waals surface area contributed by atoms with Crippen LogP contribution in [0.2, 0.25) is 0 Å². The molecule has 0 atom stereocenters. The summed E-state index contributed by atoms with van der Waals surface area (Å²) in [6.45, 7) is 0. The van der Waals surface area contributed by atoms with Gasteiger partial charge in [0, 0.05) is 0 Å². The van der Waals surface area contributed by atoms with Gasteiger partial charge in [0.15, 0.2) is 0 Å². The van der Waals surface area contributed by atoms with Crippen LogP contribution in [0.25, 0.3) is 0 Å². The van der Waals surface area contributed by atoms with Crippen LogP contribution in [0.4, 0.5) is 5.82 Å². The van der Waals surface area contributed by atoms with Crippen molar-refractivity contribution in [1.82, 2.24) is 4.98 Å². The number of benzene rings is 1. The fourth-order valence-corrected chi connectivity index (χ4v) is 1.41. The summed E-state index contributed by atoms with van der Waals surface area (Å²) in [6.07, 6.45) is 0. The molecule has 2 rings (SSSR count). The van der Waals surface area contributed by atoms with Gasteiger partial charge in [-0.15, -0.1) is 0 Å². The Kier molecular flexibility index (Phi) is 2.87. The molecule has 0 saturated heterocycles. The molecule has 4 heteroatoms. The number of hydrogen-bond donors (Lipinski definition) is 1. The molecule has 0 aliphatic carbocycles. The monoisotopic (exact) mass is 264 g/mol. The molecular formula is C11H9BrN2O. The summed E-state index contributed by atoms with van der Waals surface area (Å²) in [6, 6.07) is 13.0. The molecule has 2 N–H and O–H groups in total. The Labute approximate surface area is 96.0 Å². The molecule has 0 spiro atoms. The summed E-state index contributed by atoms with van der Waals surface area (Å²) in [5.74, 6) is 1.64. The summed E-state index contributed by atoms with van der Waals surface area (Å²) < 4.78 is 6.33. The van der Waals surface area contributed by atoms with Gasteiger partial charge in [-0.3, -0.25) is 0 Å². The highest BCUT2D eigenvalue weighted by molar-refractivity contribution is 9.10. The van der Waals surface area contributed by atoms with Crippen molar-refractivity contribution in [2.24, 2.45) is 0 Å². The van der Waals surface area contributed by atoms with E-state index in [1.165, 1.54) is 0 Å². The molecule has 2 aromatic rings. The van der Waals surface area contributed by atoms with Crippen LogP contribution in [0.3, 0.4) is 0 Å². The highest BCUT2D eigenvalue weighted by Gasteiger charge is 2.04. The summed E-state index contributed by atoms with van der Waals surface area (Å²) >= 11 is 3.34. The lowest BCUT2D eigenvalue weighted by Crippen LogP contribution is -1.94. The van der Waals surface area contributed by atoms with E-state index in [0.29, 0.717) is 11.7 Å². The van der Waals surface area contributed by atoms with Crippen molar-refractivity contribution in [1.29, 1.82) is 0 Å². The molecule has 0 saturated carbocycles. The Balaban J connectivity index is 2.28. The maximum absolute atomic E-state index is 5.57. The molecule has 0 aliphatic rings. The Hall–Kier alpha value is -1.55. The van der Waals surface area contributed by atoms with Gasteiger partial charge in [0.05, 0.1) is 4.47 Å². The average molecular weight is 265 g/mol. The van der Waals surface area contributed by atoms with Gasteiger partial charge in [-0.1, -0.05) is 18.2 Å². The van der Waals surface area contributed by atoms with Crippen LogP contribution >= 0.6 is 15.9 Å². The van der Waals surface area contributed by atoms with Gasteiger partial charge in [0.25, 0.3) is 0 Å². The molecule has 0 bridgehead atoms. The molecular weight excluding hydrogens is 256 g/mol. The van der Waals surface area contributed by atoms with Crippen LogP contribution < -0.4 is 10.5 Å². The average Bonchev–Trinajstić information content (AvgIpc) is 2.25. The quantitative estimate of drug-likeness (QED) is 0.906. The summed E-state index contributed by atoms with van der Waals surface area (Å²) in [5, 5.41) is 0. The number of ether oxygens (including phenoxy) is 1. The first-order valence-corrected chi connectivity index (χ1v) is 5.20. The van der Waals surface area contributed by atoms with Gasteiger partial charge in [0.1, 0.15) is 11.6 Å². The van der Waals surface area contributed by atoms with Crippen molar-refractivity contribution >= 4 is 21.7 Å². The third-order valence-electron chi connectivity index (χ3n) is 1.79. The van der Waals surface area contributed by atoms with Gasteiger partial charge < -0.3 is 10.5 Å². The number of aromatic nitrogens is 1. The second-order valence-electron chi connectivity index (χ2n) is 2.94. The first-order valence-electron chi connectivity index (χ1n) is 4.40. The zero-order chi connectivity index (χ0) is 10.7. The van der Waals surface area contributed by atoms with Crippen LogP contribution in [0.5, 0.6) is 11.6 Å². The van der Waals surface area contributed by atoms with E-state index in [0.717, 1.165) is 10.2 Å². The standard InChI is InChI=1S/C11H9BrN2O/c12-9-6-7-10(13)14-11(9)15-8-4-2-1-3-5-8/h1-7H,(H2,13,14). The van der Waals surface area contributed by atoms with Crippen molar-refractivity contribution in [2.45, 2.75) is 0 Å². The molecule has 0 unspecified atom stereocenters. The van der Waals surface area contributed by atoms with E-state index in [4.69, 9.17) is 10.5 Å². The molecule has 1 aromatic heterocycles. The third kappa shape index (κ3) is 2.47. The predicted octanol–water partition coefficient (Wildman–Crippen LogP) is 3.22. The highest BCUT2D eigenvalue weighted by atomic mass is 79.9. The van der Waals surface area contributed by atoms with Crippen molar-refractivity contribution in [3.8, 4) is 11.6 Å². The minimum absolute atomic E-state index is 0.434. The third-order valence-corrected chi connectivity index (χ3v) is 2.40. The Morgan fingerprint density at radius 3 is 2.53 bits per heavy atom. The number of pyridine rings is 1. The van der Waals surface area contributed by atoms with Crippen molar-refractivity contribution < 1.29 is 4.74 Å². The highest BCUT2D eigenvalue weighted by Crippen LogP contribution is 2.27. The number of hydrogen-bond acceptors (Lipinski definition) is 3. The molecule has 0 fully saturated rings. The fourth-order valence-electron chi connectivity index (χ4n) is 1.11. The van der Waals surface area contributed by atoms with Crippen LogP contribution in [0.1, 0.15) is 0 Å². The van der Waals surface area contributed by atoms with Gasteiger partial charge >= 0.3 is 0 Å². The largest absolute Gasteiger partial charge is 0.438 e. The predicted molar refractivity (Wildman–Crippen MR) is 62.9 cm³/mol. The molecule has 15 heavy (non-hydrogen) atoms. The van der Waals surface area contributed by atoms with Crippen LogP contribution in [0, 0.1) is 0 Å². The number of para-hydroxylation sites is 1. The van der Waals surface area contributed by atoms with Gasteiger partial charge in [0.2, 0.25) is 5.88 Å². The maximum Gasteiger partial charge on any atom is 0.235 e. The first-order chi connectivity index (χ1) is 7.25. The maximum atomic E-state index is 5.57. The van der Waals surface area contributed by atoms with Crippen molar-refractivity contribution in [3.05, 3.63) is 46.9 Å². The number of nitrogens with zero attached hydrogens (tertiary/aromatic N) is 1. The van der Waals surface area contributed by atoms with Gasteiger partial charge in [-0.2, -0.15) is 4.98 Å². The molecule has 76 valence electrons. The summed E-state index contributed by atoms with van der Waals surface area (Å²) in [7, 11) is 0. The second-order valence-corrected chi connectivity index (χ2v) is 3.79. The lowest BCUT2D eigenvalue weighted by atomic mass is 10.3. The number of nitrogen functional groups attached to an aromatic ring is 1. The Bertz CT molecular complexity index is 459. The van der Waals surface area contributed by atoms with Crippen LogP contribution in [-0.2, 0) is 0 Å². The second kappa shape index (κ2) is 4.31. The molecule has 0 radical (unpaired) electrons. The SMILES string of the molecule is Nc1ccc(Br)c(Oc2ccccc2)n1. The van der Waals surface area contributed by atoms with Crippen LogP contribution in [0.15, 0.2) is 46.9 Å². The zero-order valence-corrected chi connectivity index (χ0v) is 9.44. The number of rotatable bonds is 2. The smallest absolute Gasteiger partial charge is 0.235 e. The van der Waals surface area contributed by atoms with E-state index in [1.807, 2.05) is 30.3 Å². The topological polar surface area (TPSA) is 48.1 Å². The molecule has 0 amide bonds. The number of anilines is 1.